The molecule has 1 aliphatic rings. The van der Waals surface area contributed by atoms with Crippen LogP contribution in [-0.2, 0) is 6.42 Å². The van der Waals surface area contributed by atoms with Crippen LogP contribution in [0.25, 0.3) is 0 Å². The molecule has 1 aromatic heterocycles. The number of piperidine rings is 1. The van der Waals surface area contributed by atoms with Gasteiger partial charge in [0.1, 0.15) is 5.69 Å². The first kappa shape index (κ1) is 18.8. The first-order valence-electron chi connectivity index (χ1n) is 9.25. The minimum absolute atomic E-state index is 0.0386. The van der Waals surface area contributed by atoms with E-state index in [1.165, 1.54) is 11.1 Å². The van der Waals surface area contributed by atoms with Crippen molar-refractivity contribution < 1.29 is 4.79 Å². The molecular formula is C21H27N3OS. The van der Waals surface area contributed by atoms with Crippen LogP contribution in [0, 0.1) is 0 Å². The molecule has 2 heterocycles. The van der Waals surface area contributed by atoms with Crippen LogP contribution < -0.4 is 5.32 Å². The summed E-state index contributed by atoms with van der Waals surface area (Å²) in [6.45, 7) is 7.34. The topological polar surface area (TPSA) is 45.2 Å². The summed E-state index contributed by atoms with van der Waals surface area (Å²) >= 11 is 1.56. The van der Waals surface area contributed by atoms with E-state index >= 15 is 0 Å². The molecule has 26 heavy (non-hydrogen) atoms. The molecule has 4 nitrogen and oxygen atoms in total. The molecular weight excluding hydrogens is 342 g/mol. The van der Waals surface area contributed by atoms with E-state index in [0.29, 0.717) is 5.69 Å². The van der Waals surface area contributed by atoms with E-state index in [2.05, 4.69) is 47.3 Å². The van der Waals surface area contributed by atoms with Gasteiger partial charge in [0.25, 0.3) is 5.91 Å². The van der Waals surface area contributed by atoms with E-state index in [0.717, 1.165) is 43.9 Å². The van der Waals surface area contributed by atoms with Gasteiger partial charge in [-0.15, -0.1) is 11.3 Å². The molecule has 0 atom stereocenters. The average Bonchev–Trinajstić information content (AvgIpc) is 3.10. The third kappa shape index (κ3) is 5.51. The smallest absolute Gasteiger partial charge is 0.270 e. The van der Waals surface area contributed by atoms with Crippen LogP contribution in [0.2, 0.25) is 0 Å². The lowest BCUT2D eigenvalue weighted by molar-refractivity contribution is 0.0909. The number of amides is 1. The molecule has 1 aromatic carbocycles. The second-order valence-electron chi connectivity index (χ2n) is 7.12. The van der Waals surface area contributed by atoms with Crippen molar-refractivity contribution >= 4 is 17.2 Å². The third-order valence-corrected chi connectivity index (χ3v) is 5.51. The summed E-state index contributed by atoms with van der Waals surface area (Å²) in [4.78, 5) is 19.4. The zero-order valence-electron chi connectivity index (χ0n) is 15.6. The molecule has 0 spiro atoms. The lowest BCUT2D eigenvalue weighted by atomic mass is 10.0. The minimum Gasteiger partial charge on any atom is -0.348 e. The maximum absolute atomic E-state index is 12.5. The van der Waals surface area contributed by atoms with Gasteiger partial charge >= 0.3 is 0 Å². The molecule has 1 amide bonds. The largest absolute Gasteiger partial charge is 0.348 e. The number of hydrogen-bond donors (Lipinski definition) is 1. The second kappa shape index (κ2) is 9.10. The molecule has 0 aliphatic carbocycles. The highest BCUT2D eigenvalue weighted by Crippen LogP contribution is 2.16. The normalized spacial score (nSPS) is 15.6. The molecule has 1 aliphatic heterocycles. The molecule has 5 heteroatoms. The van der Waals surface area contributed by atoms with E-state index in [1.54, 1.807) is 11.3 Å². The number of benzene rings is 1. The van der Waals surface area contributed by atoms with Crippen molar-refractivity contribution in [1.29, 1.82) is 0 Å². The van der Waals surface area contributed by atoms with Gasteiger partial charge in [0.15, 0.2) is 0 Å². The van der Waals surface area contributed by atoms with Gasteiger partial charge in [-0.05, 0) is 32.3 Å². The number of likely N-dealkylation sites (tertiary alicyclic amines) is 1. The third-order valence-electron chi connectivity index (χ3n) is 4.66. The average molecular weight is 370 g/mol. The van der Waals surface area contributed by atoms with E-state index < -0.39 is 0 Å². The lowest BCUT2D eigenvalue weighted by Gasteiger charge is -2.31. The molecule has 0 radical (unpaired) electrons. The van der Waals surface area contributed by atoms with E-state index in [-0.39, 0.29) is 11.9 Å². The number of nitrogens with one attached hydrogen (secondary N) is 1. The Bertz CT molecular complexity index is 742. The van der Waals surface area contributed by atoms with Crippen LogP contribution in [0.5, 0.6) is 0 Å². The number of carbonyl (C=O) groups excluding carboxylic acids is 1. The molecule has 0 bridgehead atoms. The molecule has 1 fully saturated rings. The fourth-order valence-electron chi connectivity index (χ4n) is 3.10. The highest BCUT2D eigenvalue weighted by molar-refractivity contribution is 7.09. The Morgan fingerprint density at radius 1 is 1.27 bits per heavy atom. The van der Waals surface area contributed by atoms with Crippen LogP contribution in [0.4, 0.5) is 0 Å². The number of allylic oxidation sites excluding steroid dienone is 1. The first-order valence-corrected chi connectivity index (χ1v) is 10.1. The van der Waals surface area contributed by atoms with Crippen molar-refractivity contribution in [1.82, 2.24) is 15.2 Å². The molecule has 1 N–H and O–H groups in total. The maximum Gasteiger partial charge on any atom is 0.270 e. The summed E-state index contributed by atoms with van der Waals surface area (Å²) in [6.07, 6.45) is 5.05. The number of carbonyl (C=O) groups is 1. The number of nitrogens with zero attached hydrogens (tertiary/aromatic N) is 2. The second-order valence-corrected chi connectivity index (χ2v) is 8.06. The molecule has 138 valence electrons. The van der Waals surface area contributed by atoms with Crippen molar-refractivity contribution in [3.8, 4) is 0 Å². The minimum atomic E-state index is -0.0386. The Morgan fingerprint density at radius 2 is 2.00 bits per heavy atom. The Hall–Kier alpha value is -1.98. The van der Waals surface area contributed by atoms with E-state index in [1.807, 2.05) is 23.6 Å². The van der Waals surface area contributed by atoms with Gasteiger partial charge in [-0.3, -0.25) is 9.69 Å². The quantitative estimate of drug-likeness (QED) is 0.786. The Labute approximate surface area is 160 Å². The molecule has 1 saturated heterocycles. The number of hydrogen-bond acceptors (Lipinski definition) is 4. The highest BCUT2D eigenvalue weighted by Gasteiger charge is 2.21. The number of rotatable bonds is 6. The van der Waals surface area contributed by atoms with Crippen molar-refractivity contribution in [3.05, 3.63) is 63.6 Å². The van der Waals surface area contributed by atoms with Crippen LogP contribution in [-0.4, -0.2) is 41.5 Å². The van der Waals surface area contributed by atoms with Crippen LogP contribution in [0.1, 0.15) is 47.7 Å². The van der Waals surface area contributed by atoms with Crippen molar-refractivity contribution in [2.45, 2.75) is 39.2 Å². The summed E-state index contributed by atoms with van der Waals surface area (Å²) in [7, 11) is 0. The molecule has 0 saturated carbocycles. The molecule has 3 rings (SSSR count). The van der Waals surface area contributed by atoms with Crippen molar-refractivity contribution in [2.75, 3.05) is 19.6 Å². The molecule has 0 unspecified atom stereocenters. The Balaban J connectivity index is 1.48. The Morgan fingerprint density at radius 3 is 2.69 bits per heavy atom. The SMILES string of the molecule is CC(C)=CCN1CCC(NC(=O)c2csc(Cc3ccccc3)n2)CC1. The molecule has 2 aromatic rings. The van der Waals surface area contributed by atoms with Crippen molar-refractivity contribution in [3.63, 3.8) is 0 Å². The summed E-state index contributed by atoms with van der Waals surface area (Å²) in [5.41, 5.74) is 3.13. The van der Waals surface area contributed by atoms with Gasteiger partial charge in [0.2, 0.25) is 0 Å². The standard InChI is InChI=1S/C21H27N3OS/c1-16(2)8-11-24-12-9-18(10-13-24)22-21(25)19-15-26-20(23-19)14-17-6-4-3-5-7-17/h3-8,15,18H,9-14H2,1-2H3,(H,22,25). The van der Waals surface area contributed by atoms with Crippen LogP contribution in [0.3, 0.4) is 0 Å². The lowest BCUT2D eigenvalue weighted by Crippen LogP contribution is -2.44. The highest BCUT2D eigenvalue weighted by atomic mass is 32.1. The van der Waals surface area contributed by atoms with E-state index in [9.17, 15) is 4.79 Å². The van der Waals surface area contributed by atoms with Gasteiger partial charge in [-0.25, -0.2) is 4.98 Å². The van der Waals surface area contributed by atoms with Gasteiger partial charge in [0.05, 0.1) is 5.01 Å². The predicted molar refractivity (Wildman–Crippen MR) is 108 cm³/mol. The number of thiazole rings is 1. The van der Waals surface area contributed by atoms with E-state index in [4.69, 9.17) is 0 Å². The summed E-state index contributed by atoms with van der Waals surface area (Å²) in [5.74, 6) is -0.0386. The van der Waals surface area contributed by atoms with Gasteiger partial charge in [0, 0.05) is 37.5 Å². The summed E-state index contributed by atoms with van der Waals surface area (Å²) in [5, 5.41) is 6.02. The fourth-order valence-corrected chi connectivity index (χ4v) is 3.91. The zero-order chi connectivity index (χ0) is 18.4. The fraction of sp³-hybridized carbons (Fsp3) is 0.429. The van der Waals surface area contributed by atoms with Gasteiger partial charge < -0.3 is 5.32 Å². The number of aromatic nitrogens is 1. The Kier molecular flexibility index (Phi) is 6.58. The van der Waals surface area contributed by atoms with Crippen LogP contribution >= 0.6 is 11.3 Å². The van der Waals surface area contributed by atoms with Gasteiger partial charge in [-0.1, -0.05) is 42.0 Å². The summed E-state index contributed by atoms with van der Waals surface area (Å²) < 4.78 is 0. The van der Waals surface area contributed by atoms with Crippen LogP contribution in [0.15, 0.2) is 47.4 Å². The summed E-state index contributed by atoms with van der Waals surface area (Å²) in [6, 6.07) is 10.5. The zero-order valence-corrected chi connectivity index (χ0v) is 16.4. The van der Waals surface area contributed by atoms with Crippen molar-refractivity contribution in [2.24, 2.45) is 0 Å². The first-order chi connectivity index (χ1) is 12.6. The van der Waals surface area contributed by atoms with Gasteiger partial charge in [-0.2, -0.15) is 0 Å². The maximum atomic E-state index is 12.5. The monoisotopic (exact) mass is 369 g/mol. The predicted octanol–water partition coefficient (Wildman–Crippen LogP) is 3.89.